The minimum absolute atomic E-state index is 0.121. The molecular weight excluding hydrogens is 280 g/mol. The molecule has 0 spiro atoms. The van der Waals surface area contributed by atoms with E-state index in [1.807, 2.05) is 27.7 Å². The molecule has 0 aromatic carbocycles. The Labute approximate surface area is 135 Å². The van der Waals surface area contributed by atoms with Crippen molar-refractivity contribution in [2.75, 3.05) is 13.2 Å². The van der Waals surface area contributed by atoms with Gasteiger partial charge in [0.2, 0.25) is 0 Å². The molecule has 0 saturated heterocycles. The SMILES string of the molecule is C=CCOC(=O)C(CCCC)(CCCC)C(=O)OCC(C)C. The van der Waals surface area contributed by atoms with Crippen LogP contribution in [0, 0.1) is 11.3 Å². The van der Waals surface area contributed by atoms with Gasteiger partial charge in [-0.2, -0.15) is 0 Å². The maximum atomic E-state index is 12.6. The van der Waals surface area contributed by atoms with E-state index in [0.717, 1.165) is 25.7 Å². The molecule has 4 nitrogen and oxygen atoms in total. The predicted octanol–water partition coefficient (Wildman–Crippen LogP) is 4.28. The van der Waals surface area contributed by atoms with Crippen molar-refractivity contribution in [3.63, 3.8) is 0 Å². The molecule has 0 bridgehead atoms. The highest BCUT2D eigenvalue weighted by molar-refractivity contribution is 6.00. The molecule has 0 aromatic rings. The van der Waals surface area contributed by atoms with Crippen LogP contribution in [0.4, 0.5) is 0 Å². The highest BCUT2D eigenvalue weighted by Crippen LogP contribution is 2.34. The number of rotatable bonds is 12. The maximum Gasteiger partial charge on any atom is 0.323 e. The Bertz CT molecular complexity index is 339. The van der Waals surface area contributed by atoms with Crippen molar-refractivity contribution in [2.24, 2.45) is 11.3 Å². The number of ether oxygens (including phenoxy) is 2. The third-order valence-electron chi connectivity index (χ3n) is 3.58. The van der Waals surface area contributed by atoms with E-state index in [9.17, 15) is 9.59 Å². The van der Waals surface area contributed by atoms with Gasteiger partial charge in [-0.1, -0.05) is 66.0 Å². The Kier molecular flexibility index (Phi) is 10.6. The van der Waals surface area contributed by atoms with Crippen LogP contribution in [0.5, 0.6) is 0 Å². The molecule has 22 heavy (non-hydrogen) atoms. The normalized spacial score (nSPS) is 11.3. The van der Waals surface area contributed by atoms with E-state index >= 15 is 0 Å². The predicted molar refractivity (Wildman–Crippen MR) is 88.4 cm³/mol. The van der Waals surface area contributed by atoms with Crippen LogP contribution in [0.15, 0.2) is 12.7 Å². The van der Waals surface area contributed by atoms with Gasteiger partial charge >= 0.3 is 11.9 Å². The van der Waals surface area contributed by atoms with Crippen molar-refractivity contribution in [3.05, 3.63) is 12.7 Å². The number of esters is 2. The summed E-state index contributed by atoms with van der Waals surface area (Å²) in [4.78, 5) is 25.2. The zero-order valence-electron chi connectivity index (χ0n) is 14.7. The van der Waals surface area contributed by atoms with Gasteiger partial charge in [-0.05, 0) is 18.8 Å². The van der Waals surface area contributed by atoms with Gasteiger partial charge in [-0.25, -0.2) is 0 Å². The summed E-state index contributed by atoms with van der Waals surface area (Å²) in [6.07, 6.45) is 5.90. The zero-order valence-corrected chi connectivity index (χ0v) is 14.7. The Morgan fingerprint density at radius 3 is 1.95 bits per heavy atom. The Hall–Kier alpha value is -1.32. The number of carbonyl (C=O) groups is 2. The first kappa shape index (κ1) is 20.7. The van der Waals surface area contributed by atoms with Gasteiger partial charge in [-0.3, -0.25) is 9.59 Å². The summed E-state index contributed by atoms with van der Waals surface area (Å²) >= 11 is 0. The van der Waals surface area contributed by atoms with Crippen LogP contribution in [-0.4, -0.2) is 25.2 Å². The monoisotopic (exact) mass is 312 g/mol. The number of unbranched alkanes of at least 4 members (excludes halogenated alkanes) is 2. The number of carbonyl (C=O) groups excluding carboxylic acids is 2. The zero-order chi connectivity index (χ0) is 17.0. The quantitative estimate of drug-likeness (QED) is 0.306. The van der Waals surface area contributed by atoms with Crippen molar-refractivity contribution >= 4 is 11.9 Å². The lowest BCUT2D eigenvalue weighted by Crippen LogP contribution is -2.42. The van der Waals surface area contributed by atoms with Crippen molar-refractivity contribution in [2.45, 2.75) is 66.2 Å². The molecule has 0 rings (SSSR count). The summed E-state index contributed by atoms with van der Waals surface area (Å²) in [5, 5.41) is 0. The van der Waals surface area contributed by atoms with E-state index in [0.29, 0.717) is 19.4 Å². The Morgan fingerprint density at radius 1 is 1.05 bits per heavy atom. The molecule has 128 valence electrons. The minimum atomic E-state index is -1.16. The molecule has 0 amide bonds. The van der Waals surface area contributed by atoms with Crippen LogP contribution in [0.2, 0.25) is 0 Å². The summed E-state index contributed by atoms with van der Waals surface area (Å²) < 4.78 is 10.6. The van der Waals surface area contributed by atoms with Crippen molar-refractivity contribution < 1.29 is 19.1 Å². The van der Waals surface area contributed by atoms with Gasteiger partial charge in [0.25, 0.3) is 0 Å². The lowest BCUT2D eigenvalue weighted by Gasteiger charge is -2.29. The van der Waals surface area contributed by atoms with Crippen molar-refractivity contribution in [3.8, 4) is 0 Å². The Balaban J connectivity index is 5.26. The molecule has 0 saturated carbocycles. The second kappa shape index (κ2) is 11.3. The first-order valence-electron chi connectivity index (χ1n) is 8.39. The smallest absolute Gasteiger partial charge is 0.323 e. The average molecular weight is 312 g/mol. The number of hydrogen-bond acceptors (Lipinski definition) is 4. The fourth-order valence-corrected chi connectivity index (χ4v) is 2.23. The maximum absolute atomic E-state index is 12.6. The van der Waals surface area contributed by atoms with Crippen molar-refractivity contribution in [1.29, 1.82) is 0 Å². The third-order valence-corrected chi connectivity index (χ3v) is 3.58. The minimum Gasteiger partial charge on any atom is -0.465 e. The van der Waals surface area contributed by atoms with Crippen LogP contribution in [0.3, 0.4) is 0 Å². The molecule has 0 aliphatic rings. The molecule has 4 heteroatoms. The first-order chi connectivity index (χ1) is 10.4. The van der Waals surface area contributed by atoms with Crippen LogP contribution in [-0.2, 0) is 19.1 Å². The average Bonchev–Trinajstić information content (AvgIpc) is 2.50. The molecule has 0 aromatic heterocycles. The molecule has 0 heterocycles. The fourth-order valence-electron chi connectivity index (χ4n) is 2.23. The van der Waals surface area contributed by atoms with E-state index in [1.54, 1.807) is 0 Å². The molecule has 0 aliphatic carbocycles. The Morgan fingerprint density at radius 2 is 1.55 bits per heavy atom. The molecule has 0 aliphatic heterocycles. The van der Waals surface area contributed by atoms with Crippen molar-refractivity contribution in [1.82, 2.24) is 0 Å². The van der Waals surface area contributed by atoms with E-state index in [1.165, 1.54) is 6.08 Å². The van der Waals surface area contributed by atoms with Gasteiger partial charge in [0.05, 0.1) is 6.61 Å². The van der Waals surface area contributed by atoms with E-state index < -0.39 is 17.4 Å². The van der Waals surface area contributed by atoms with E-state index in [-0.39, 0.29) is 12.5 Å². The highest BCUT2D eigenvalue weighted by atomic mass is 16.6. The van der Waals surface area contributed by atoms with Gasteiger partial charge in [0.15, 0.2) is 5.41 Å². The van der Waals surface area contributed by atoms with Crippen LogP contribution in [0.25, 0.3) is 0 Å². The highest BCUT2D eigenvalue weighted by Gasteiger charge is 2.47. The second-order valence-electron chi connectivity index (χ2n) is 6.17. The molecule has 0 N–H and O–H groups in total. The lowest BCUT2D eigenvalue weighted by molar-refractivity contribution is -0.174. The lowest BCUT2D eigenvalue weighted by atomic mass is 9.78. The standard InChI is InChI=1S/C18H32O4/c1-6-9-11-18(12-10-7-2,16(19)21-13-8-3)17(20)22-14-15(4)5/h8,15H,3,6-7,9-14H2,1-2,4-5H3. The molecule has 0 atom stereocenters. The number of hydrogen-bond donors (Lipinski definition) is 0. The van der Waals surface area contributed by atoms with E-state index in [4.69, 9.17) is 9.47 Å². The van der Waals surface area contributed by atoms with Gasteiger partial charge < -0.3 is 9.47 Å². The van der Waals surface area contributed by atoms with Crippen LogP contribution in [0.1, 0.15) is 66.2 Å². The van der Waals surface area contributed by atoms with Crippen LogP contribution >= 0.6 is 0 Å². The van der Waals surface area contributed by atoms with Crippen LogP contribution < -0.4 is 0 Å². The first-order valence-corrected chi connectivity index (χ1v) is 8.39. The summed E-state index contributed by atoms with van der Waals surface area (Å²) in [6, 6.07) is 0. The second-order valence-corrected chi connectivity index (χ2v) is 6.17. The largest absolute Gasteiger partial charge is 0.465 e. The third kappa shape index (κ3) is 6.63. The summed E-state index contributed by atoms with van der Waals surface area (Å²) in [7, 11) is 0. The molecule has 0 unspecified atom stereocenters. The summed E-state index contributed by atoms with van der Waals surface area (Å²) in [6.45, 7) is 12.0. The van der Waals surface area contributed by atoms with Gasteiger partial charge in [0.1, 0.15) is 6.61 Å². The topological polar surface area (TPSA) is 52.6 Å². The van der Waals surface area contributed by atoms with Gasteiger partial charge in [0, 0.05) is 0 Å². The fraction of sp³-hybridized carbons (Fsp3) is 0.778. The van der Waals surface area contributed by atoms with E-state index in [2.05, 4.69) is 6.58 Å². The molecule has 0 fully saturated rings. The summed E-state index contributed by atoms with van der Waals surface area (Å²) in [5.41, 5.74) is -1.16. The molecule has 0 radical (unpaired) electrons. The summed E-state index contributed by atoms with van der Waals surface area (Å²) in [5.74, 6) is -0.664. The van der Waals surface area contributed by atoms with Gasteiger partial charge in [-0.15, -0.1) is 0 Å². The molecular formula is C18H32O4.